The Bertz CT molecular complexity index is 500. The average molecular weight is 277 g/mol. The Balaban J connectivity index is 1.83. The topological polar surface area (TPSA) is 43.1 Å². The maximum Gasteiger partial charge on any atom is 0.0576 e. The van der Waals surface area contributed by atoms with Gasteiger partial charge in [-0.1, -0.05) is 13.0 Å². The van der Waals surface area contributed by atoms with Crippen molar-refractivity contribution >= 4 is 10.8 Å². The van der Waals surface area contributed by atoms with Gasteiger partial charge in [0, 0.05) is 10.9 Å². The number of hydrogen-bond donors (Lipinski definition) is 1. The fraction of sp³-hybridized carbons (Fsp3) is 0.625. The molecule has 2 nitrogen and oxygen atoms in total. The van der Waals surface area contributed by atoms with Gasteiger partial charge in [0.1, 0.15) is 0 Å². The van der Waals surface area contributed by atoms with Crippen LogP contribution >= 0.6 is 0 Å². The third-order valence-corrected chi connectivity index (χ3v) is 6.49. The van der Waals surface area contributed by atoms with Gasteiger partial charge in [-0.25, -0.2) is 0 Å². The smallest absolute Gasteiger partial charge is 0.0576 e. The SMILES string of the molecule is CC1CCC(N)C(S(=O)c2ccc3c(c2)CCC3)C1. The molecule has 2 aliphatic rings. The van der Waals surface area contributed by atoms with Crippen LogP contribution in [0.1, 0.15) is 43.7 Å². The molecule has 0 aliphatic heterocycles. The van der Waals surface area contributed by atoms with Gasteiger partial charge in [0.25, 0.3) is 0 Å². The first kappa shape index (κ1) is 13.3. The van der Waals surface area contributed by atoms with Crippen molar-refractivity contribution < 1.29 is 4.21 Å². The normalized spacial score (nSPS) is 32.0. The molecule has 0 amide bonds. The first-order chi connectivity index (χ1) is 9.15. The highest BCUT2D eigenvalue weighted by atomic mass is 32.2. The third kappa shape index (κ3) is 2.63. The van der Waals surface area contributed by atoms with Gasteiger partial charge < -0.3 is 5.73 Å². The molecule has 2 N–H and O–H groups in total. The molecular formula is C16H23NOS. The second-order valence-electron chi connectivity index (χ2n) is 6.20. The molecule has 3 rings (SSSR count). The summed E-state index contributed by atoms with van der Waals surface area (Å²) in [6.45, 7) is 2.25. The highest BCUT2D eigenvalue weighted by Crippen LogP contribution is 2.31. The van der Waals surface area contributed by atoms with Crippen LogP contribution in [0.15, 0.2) is 23.1 Å². The van der Waals surface area contributed by atoms with Crippen molar-refractivity contribution in [2.24, 2.45) is 11.7 Å². The minimum atomic E-state index is -0.938. The van der Waals surface area contributed by atoms with E-state index in [2.05, 4.69) is 25.1 Å². The summed E-state index contributed by atoms with van der Waals surface area (Å²) in [6.07, 6.45) is 6.77. The fourth-order valence-corrected chi connectivity index (χ4v) is 5.21. The summed E-state index contributed by atoms with van der Waals surface area (Å²) in [7, 11) is -0.938. The Morgan fingerprint density at radius 1 is 1.21 bits per heavy atom. The van der Waals surface area contributed by atoms with Crippen LogP contribution in [0.3, 0.4) is 0 Å². The van der Waals surface area contributed by atoms with E-state index in [-0.39, 0.29) is 11.3 Å². The van der Waals surface area contributed by atoms with Crippen LogP contribution in [0, 0.1) is 5.92 Å². The van der Waals surface area contributed by atoms with E-state index in [0.717, 1.165) is 24.2 Å². The molecule has 1 aromatic carbocycles. The second kappa shape index (κ2) is 5.37. The first-order valence-electron chi connectivity index (χ1n) is 7.43. The molecule has 1 fully saturated rings. The zero-order chi connectivity index (χ0) is 13.4. The van der Waals surface area contributed by atoms with Crippen molar-refractivity contribution in [1.82, 2.24) is 0 Å². The molecular weight excluding hydrogens is 254 g/mol. The van der Waals surface area contributed by atoms with Crippen molar-refractivity contribution in [3.63, 3.8) is 0 Å². The minimum Gasteiger partial charge on any atom is -0.327 e. The molecule has 4 unspecified atom stereocenters. The largest absolute Gasteiger partial charge is 0.327 e. The van der Waals surface area contributed by atoms with Crippen LogP contribution < -0.4 is 5.73 Å². The van der Waals surface area contributed by atoms with Crippen LogP contribution in [-0.2, 0) is 23.6 Å². The number of fused-ring (bicyclic) bond motifs is 1. The van der Waals surface area contributed by atoms with Crippen molar-refractivity contribution in [3.8, 4) is 0 Å². The number of rotatable bonds is 2. The van der Waals surface area contributed by atoms with Crippen molar-refractivity contribution in [2.75, 3.05) is 0 Å². The standard InChI is InChI=1S/C16H23NOS/c1-11-5-8-15(17)16(9-11)19(18)14-7-6-12-3-2-4-13(12)10-14/h6-7,10-11,15-16H,2-5,8-9,17H2,1H3. The summed E-state index contributed by atoms with van der Waals surface area (Å²) in [5, 5.41) is 0.142. The lowest BCUT2D eigenvalue weighted by molar-refractivity contribution is 0.353. The molecule has 0 saturated heterocycles. The van der Waals surface area contributed by atoms with Crippen LogP contribution in [0.2, 0.25) is 0 Å². The molecule has 0 heterocycles. The van der Waals surface area contributed by atoms with Crippen molar-refractivity contribution in [2.45, 2.75) is 61.6 Å². The number of benzene rings is 1. The molecule has 2 aliphatic carbocycles. The summed E-state index contributed by atoms with van der Waals surface area (Å²) >= 11 is 0. The van der Waals surface area contributed by atoms with Gasteiger partial charge in [-0.3, -0.25) is 4.21 Å². The van der Waals surface area contributed by atoms with Crippen LogP contribution in [-0.4, -0.2) is 15.5 Å². The lowest BCUT2D eigenvalue weighted by Gasteiger charge is -2.31. The third-order valence-electron chi connectivity index (χ3n) is 4.68. The van der Waals surface area contributed by atoms with E-state index in [1.165, 1.54) is 30.4 Å². The van der Waals surface area contributed by atoms with Crippen LogP contribution in [0.25, 0.3) is 0 Å². The second-order valence-corrected chi connectivity index (χ2v) is 7.87. The van der Waals surface area contributed by atoms with Gasteiger partial charge in [-0.15, -0.1) is 0 Å². The Labute approximate surface area is 118 Å². The molecule has 0 bridgehead atoms. The molecule has 0 radical (unpaired) electrons. The van der Waals surface area contributed by atoms with E-state index in [9.17, 15) is 4.21 Å². The van der Waals surface area contributed by atoms with Gasteiger partial charge >= 0.3 is 0 Å². The zero-order valence-corrected chi connectivity index (χ0v) is 12.4. The minimum absolute atomic E-state index is 0.102. The molecule has 104 valence electrons. The molecule has 0 spiro atoms. The molecule has 4 atom stereocenters. The number of nitrogens with two attached hydrogens (primary N) is 1. The molecule has 1 saturated carbocycles. The maximum atomic E-state index is 12.8. The lowest BCUT2D eigenvalue weighted by Crippen LogP contribution is -2.42. The summed E-state index contributed by atoms with van der Waals surface area (Å²) in [6, 6.07) is 6.51. The number of aryl methyl sites for hydroxylation is 2. The zero-order valence-electron chi connectivity index (χ0n) is 11.6. The molecule has 0 aromatic heterocycles. The summed E-state index contributed by atoms with van der Waals surface area (Å²) < 4.78 is 12.8. The Hall–Kier alpha value is -0.670. The van der Waals surface area contributed by atoms with Crippen molar-refractivity contribution in [1.29, 1.82) is 0 Å². The van der Waals surface area contributed by atoms with E-state index in [0.29, 0.717) is 5.92 Å². The van der Waals surface area contributed by atoms with E-state index in [4.69, 9.17) is 5.73 Å². The highest BCUT2D eigenvalue weighted by Gasteiger charge is 2.31. The predicted octanol–water partition coefficient (Wildman–Crippen LogP) is 2.80. The summed E-state index contributed by atoms with van der Waals surface area (Å²) in [5.74, 6) is 0.656. The fourth-order valence-electron chi connectivity index (χ4n) is 3.45. The monoisotopic (exact) mass is 277 g/mol. The van der Waals surface area contributed by atoms with E-state index < -0.39 is 10.8 Å². The average Bonchev–Trinajstić information content (AvgIpc) is 2.88. The van der Waals surface area contributed by atoms with Gasteiger partial charge in [0.05, 0.1) is 16.0 Å². The summed E-state index contributed by atoms with van der Waals surface area (Å²) in [4.78, 5) is 0.996. The van der Waals surface area contributed by atoms with E-state index in [1.54, 1.807) is 0 Å². The highest BCUT2D eigenvalue weighted by molar-refractivity contribution is 7.85. The summed E-state index contributed by atoms with van der Waals surface area (Å²) in [5.41, 5.74) is 9.05. The Morgan fingerprint density at radius 2 is 2.00 bits per heavy atom. The van der Waals surface area contributed by atoms with Crippen LogP contribution in [0.5, 0.6) is 0 Å². The quantitative estimate of drug-likeness (QED) is 0.903. The molecule has 19 heavy (non-hydrogen) atoms. The predicted molar refractivity (Wildman–Crippen MR) is 79.7 cm³/mol. The molecule has 3 heteroatoms. The van der Waals surface area contributed by atoms with Gasteiger partial charge in [-0.05, 0) is 67.7 Å². The van der Waals surface area contributed by atoms with Crippen molar-refractivity contribution in [3.05, 3.63) is 29.3 Å². The maximum absolute atomic E-state index is 12.8. The molecule has 1 aromatic rings. The first-order valence-corrected chi connectivity index (χ1v) is 8.64. The number of hydrogen-bond acceptors (Lipinski definition) is 2. The van der Waals surface area contributed by atoms with E-state index >= 15 is 0 Å². The van der Waals surface area contributed by atoms with Crippen LogP contribution in [0.4, 0.5) is 0 Å². The lowest BCUT2D eigenvalue weighted by atomic mass is 9.87. The van der Waals surface area contributed by atoms with Gasteiger partial charge in [0.2, 0.25) is 0 Å². The Kier molecular flexibility index (Phi) is 3.77. The van der Waals surface area contributed by atoms with Gasteiger partial charge in [0.15, 0.2) is 0 Å². The Morgan fingerprint density at radius 3 is 2.84 bits per heavy atom. The van der Waals surface area contributed by atoms with Gasteiger partial charge in [-0.2, -0.15) is 0 Å². The van der Waals surface area contributed by atoms with E-state index in [1.807, 2.05) is 0 Å².